The Morgan fingerprint density at radius 3 is 2.79 bits per heavy atom. The first kappa shape index (κ1) is 15.0. The van der Waals surface area contributed by atoms with E-state index in [1.165, 1.54) is 5.56 Å². The minimum absolute atomic E-state index is 0.450. The summed E-state index contributed by atoms with van der Waals surface area (Å²) in [6.07, 6.45) is 4.95. The first-order valence-electron chi connectivity index (χ1n) is 7.29. The average molecular weight is 326 g/mol. The number of rotatable bonds is 5. The molecule has 0 amide bonds. The van der Waals surface area contributed by atoms with E-state index < -0.39 is 0 Å². The van der Waals surface area contributed by atoms with Crippen LogP contribution in [0.2, 0.25) is 0 Å². The van der Waals surface area contributed by atoms with Crippen molar-refractivity contribution in [3.8, 4) is 0 Å². The van der Waals surface area contributed by atoms with Gasteiger partial charge in [0.25, 0.3) is 0 Å². The van der Waals surface area contributed by atoms with Crippen molar-refractivity contribution in [2.24, 2.45) is 0 Å². The van der Waals surface area contributed by atoms with Crippen molar-refractivity contribution in [2.45, 2.75) is 57.7 Å². The van der Waals surface area contributed by atoms with E-state index in [1.54, 1.807) is 0 Å². The van der Waals surface area contributed by atoms with Crippen LogP contribution in [0.15, 0.2) is 28.7 Å². The predicted octanol–water partition coefficient (Wildman–Crippen LogP) is 3.93. The second kappa shape index (κ2) is 7.41. The third-order valence-corrected chi connectivity index (χ3v) is 4.33. The summed E-state index contributed by atoms with van der Waals surface area (Å²) in [5.74, 6) is 0. The molecule has 2 nitrogen and oxygen atoms in total. The summed E-state index contributed by atoms with van der Waals surface area (Å²) < 4.78 is 6.87. The number of hydrogen-bond acceptors (Lipinski definition) is 2. The molecule has 3 atom stereocenters. The molecule has 1 aromatic carbocycles. The molecule has 1 N–H and O–H groups in total. The summed E-state index contributed by atoms with van der Waals surface area (Å²) in [7, 11) is 0. The summed E-state index contributed by atoms with van der Waals surface area (Å²) in [6.45, 7) is 5.39. The van der Waals surface area contributed by atoms with Gasteiger partial charge in [-0.2, -0.15) is 0 Å². The summed E-state index contributed by atoms with van der Waals surface area (Å²) in [5, 5.41) is 3.75. The van der Waals surface area contributed by atoms with Gasteiger partial charge in [0.1, 0.15) is 0 Å². The predicted molar refractivity (Wildman–Crippen MR) is 83.5 cm³/mol. The first-order chi connectivity index (χ1) is 9.17. The van der Waals surface area contributed by atoms with Gasteiger partial charge in [0.2, 0.25) is 0 Å². The Kier molecular flexibility index (Phi) is 5.86. The highest BCUT2D eigenvalue weighted by Gasteiger charge is 2.22. The maximum absolute atomic E-state index is 5.73. The van der Waals surface area contributed by atoms with Gasteiger partial charge in [0.15, 0.2) is 0 Å². The standard InChI is InChI=1S/C16H24BrNO/c1-3-16-11-15(8-9-19-16)18-12(2)10-13-4-6-14(17)7-5-13/h4-7,12,15-16,18H,3,8-11H2,1-2H3. The fourth-order valence-electron chi connectivity index (χ4n) is 2.75. The van der Waals surface area contributed by atoms with Crippen LogP contribution >= 0.6 is 15.9 Å². The quantitative estimate of drug-likeness (QED) is 0.885. The Balaban J connectivity index is 1.80. The third kappa shape index (κ3) is 4.90. The molecule has 2 rings (SSSR count). The lowest BCUT2D eigenvalue weighted by molar-refractivity contribution is -0.00158. The average Bonchev–Trinajstić information content (AvgIpc) is 2.41. The number of hydrogen-bond donors (Lipinski definition) is 1. The minimum Gasteiger partial charge on any atom is -0.378 e. The van der Waals surface area contributed by atoms with Gasteiger partial charge in [-0.05, 0) is 50.3 Å². The number of benzene rings is 1. The van der Waals surface area contributed by atoms with E-state index >= 15 is 0 Å². The van der Waals surface area contributed by atoms with Crippen molar-refractivity contribution in [1.29, 1.82) is 0 Å². The van der Waals surface area contributed by atoms with Crippen molar-refractivity contribution >= 4 is 15.9 Å². The van der Waals surface area contributed by atoms with Crippen molar-refractivity contribution in [2.75, 3.05) is 6.61 Å². The van der Waals surface area contributed by atoms with Gasteiger partial charge in [-0.3, -0.25) is 0 Å². The van der Waals surface area contributed by atoms with Crippen LogP contribution in [0.5, 0.6) is 0 Å². The van der Waals surface area contributed by atoms with Crippen LogP contribution in [0.3, 0.4) is 0 Å². The van der Waals surface area contributed by atoms with Crippen LogP contribution in [0.4, 0.5) is 0 Å². The van der Waals surface area contributed by atoms with E-state index in [9.17, 15) is 0 Å². The van der Waals surface area contributed by atoms with Gasteiger partial charge in [-0.1, -0.05) is 35.0 Å². The Hall–Kier alpha value is -0.380. The fraction of sp³-hybridized carbons (Fsp3) is 0.625. The van der Waals surface area contributed by atoms with E-state index in [-0.39, 0.29) is 0 Å². The Morgan fingerprint density at radius 1 is 1.37 bits per heavy atom. The fourth-order valence-corrected chi connectivity index (χ4v) is 3.02. The molecule has 106 valence electrons. The number of ether oxygens (including phenoxy) is 1. The molecule has 1 aromatic rings. The molecule has 0 aliphatic carbocycles. The van der Waals surface area contributed by atoms with Crippen molar-refractivity contribution in [3.05, 3.63) is 34.3 Å². The second-order valence-corrected chi connectivity index (χ2v) is 6.44. The van der Waals surface area contributed by atoms with E-state index in [0.29, 0.717) is 18.2 Å². The smallest absolute Gasteiger partial charge is 0.0587 e. The van der Waals surface area contributed by atoms with Crippen molar-refractivity contribution in [1.82, 2.24) is 5.32 Å². The molecule has 3 unspecified atom stereocenters. The second-order valence-electron chi connectivity index (χ2n) is 5.52. The summed E-state index contributed by atoms with van der Waals surface area (Å²) in [4.78, 5) is 0. The van der Waals surface area contributed by atoms with Crippen LogP contribution in [-0.2, 0) is 11.2 Å². The van der Waals surface area contributed by atoms with E-state index in [0.717, 1.165) is 36.8 Å². The highest BCUT2D eigenvalue weighted by atomic mass is 79.9. The molecule has 19 heavy (non-hydrogen) atoms. The van der Waals surface area contributed by atoms with Crippen LogP contribution in [0, 0.1) is 0 Å². The number of halogens is 1. The summed E-state index contributed by atoms with van der Waals surface area (Å²) in [6, 6.07) is 9.75. The van der Waals surface area contributed by atoms with Gasteiger partial charge in [0.05, 0.1) is 6.10 Å². The van der Waals surface area contributed by atoms with Gasteiger partial charge in [0, 0.05) is 23.2 Å². The Labute approximate surface area is 125 Å². The maximum Gasteiger partial charge on any atom is 0.0587 e. The highest BCUT2D eigenvalue weighted by Crippen LogP contribution is 2.18. The maximum atomic E-state index is 5.73. The van der Waals surface area contributed by atoms with Gasteiger partial charge < -0.3 is 10.1 Å². The van der Waals surface area contributed by atoms with Gasteiger partial charge in [-0.25, -0.2) is 0 Å². The zero-order valence-electron chi connectivity index (χ0n) is 11.9. The third-order valence-electron chi connectivity index (χ3n) is 3.80. The van der Waals surface area contributed by atoms with Gasteiger partial charge >= 0.3 is 0 Å². The molecular weight excluding hydrogens is 302 g/mol. The molecule has 3 heteroatoms. The van der Waals surface area contributed by atoms with Crippen LogP contribution in [-0.4, -0.2) is 24.8 Å². The lowest BCUT2D eigenvalue weighted by Gasteiger charge is -2.31. The van der Waals surface area contributed by atoms with E-state index in [2.05, 4.69) is 59.4 Å². The molecule has 0 saturated carbocycles. The molecule has 0 aromatic heterocycles. The zero-order valence-corrected chi connectivity index (χ0v) is 13.4. The molecule has 1 saturated heterocycles. The minimum atomic E-state index is 0.450. The Bertz CT molecular complexity index is 379. The molecule has 1 fully saturated rings. The SMILES string of the molecule is CCC1CC(NC(C)Cc2ccc(Br)cc2)CCO1. The molecule has 1 aliphatic rings. The van der Waals surface area contributed by atoms with Crippen molar-refractivity contribution < 1.29 is 4.74 Å². The Morgan fingerprint density at radius 2 is 2.11 bits per heavy atom. The van der Waals surface area contributed by atoms with Crippen LogP contribution < -0.4 is 5.32 Å². The van der Waals surface area contributed by atoms with Gasteiger partial charge in [-0.15, -0.1) is 0 Å². The molecule has 0 radical (unpaired) electrons. The zero-order chi connectivity index (χ0) is 13.7. The molecule has 1 heterocycles. The monoisotopic (exact) mass is 325 g/mol. The molecule has 1 aliphatic heterocycles. The summed E-state index contributed by atoms with van der Waals surface area (Å²) >= 11 is 3.48. The largest absolute Gasteiger partial charge is 0.378 e. The van der Waals surface area contributed by atoms with E-state index in [1.807, 2.05) is 0 Å². The number of nitrogens with one attached hydrogen (secondary N) is 1. The topological polar surface area (TPSA) is 21.3 Å². The molecular formula is C16H24BrNO. The van der Waals surface area contributed by atoms with Crippen LogP contribution in [0.1, 0.15) is 38.7 Å². The molecule has 0 bridgehead atoms. The highest BCUT2D eigenvalue weighted by molar-refractivity contribution is 9.10. The lowest BCUT2D eigenvalue weighted by atomic mass is 9.99. The van der Waals surface area contributed by atoms with Crippen molar-refractivity contribution in [3.63, 3.8) is 0 Å². The van der Waals surface area contributed by atoms with E-state index in [4.69, 9.17) is 4.74 Å². The normalized spacial score (nSPS) is 25.2. The first-order valence-corrected chi connectivity index (χ1v) is 8.08. The molecule has 0 spiro atoms. The summed E-state index contributed by atoms with van der Waals surface area (Å²) in [5.41, 5.74) is 1.39. The van der Waals surface area contributed by atoms with Crippen LogP contribution in [0.25, 0.3) is 0 Å². The lowest BCUT2D eigenvalue weighted by Crippen LogP contribution is -2.43.